The number of rotatable bonds is 6. The van der Waals surface area contributed by atoms with Crippen LogP contribution in [0.25, 0.3) is 22.4 Å². The molecule has 1 saturated heterocycles. The van der Waals surface area contributed by atoms with Gasteiger partial charge in [0.2, 0.25) is 5.88 Å². The van der Waals surface area contributed by atoms with E-state index in [4.69, 9.17) is 14.5 Å². The molecule has 41 heavy (non-hydrogen) atoms. The standard InChI is InChI=1S/C30H33F2N5O4/c1-5-40-19-14-22(31)21(23(32)15-19)17-37-25-9-7-6-8-20(25)27(35-37)28-33-24(16-26(38)34-28)18-10-12-36(13-11-18)29(39)41-30(2,3)4/h6-9,14-16,18H,5,10-13,17H2,1-4H3,(H,33,34,38). The third-order valence-electron chi connectivity index (χ3n) is 6.90. The molecule has 0 saturated carbocycles. The molecular weight excluding hydrogens is 532 g/mol. The van der Waals surface area contributed by atoms with Crippen molar-refractivity contribution in [2.75, 3.05) is 19.7 Å². The van der Waals surface area contributed by atoms with Gasteiger partial charge in [-0.05, 0) is 46.6 Å². The Hall–Kier alpha value is -4.28. The molecule has 1 aliphatic rings. The lowest BCUT2D eigenvalue weighted by atomic mass is 9.93. The first-order valence-corrected chi connectivity index (χ1v) is 13.6. The first kappa shape index (κ1) is 28.3. The maximum absolute atomic E-state index is 14.9. The van der Waals surface area contributed by atoms with Crippen molar-refractivity contribution in [2.24, 2.45) is 0 Å². The number of ether oxygens (including phenoxy) is 2. The Kier molecular flexibility index (Phi) is 7.79. The number of hydrogen-bond acceptors (Lipinski definition) is 7. The number of aromatic hydroxyl groups is 1. The lowest BCUT2D eigenvalue weighted by molar-refractivity contribution is 0.0204. The molecule has 9 nitrogen and oxygen atoms in total. The normalized spacial score (nSPS) is 14.4. The Morgan fingerprint density at radius 3 is 2.41 bits per heavy atom. The van der Waals surface area contributed by atoms with Crippen molar-refractivity contribution >= 4 is 17.0 Å². The molecule has 0 aliphatic carbocycles. The summed E-state index contributed by atoms with van der Waals surface area (Å²) in [5.41, 5.74) is 0.934. The van der Waals surface area contributed by atoms with Gasteiger partial charge in [0.05, 0.1) is 24.4 Å². The van der Waals surface area contributed by atoms with Gasteiger partial charge in [0.1, 0.15) is 28.7 Å². The third kappa shape index (κ3) is 6.23. The average molecular weight is 566 g/mol. The quantitative estimate of drug-likeness (QED) is 0.304. The van der Waals surface area contributed by atoms with Crippen LogP contribution in [0.5, 0.6) is 11.6 Å². The number of nitrogens with zero attached hydrogens (tertiary/aromatic N) is 5. The van der Waals surface area contributed by atoms with Crippen molar-refractivity contribution in [3.63, 3.8) is 0 Å². The van der Waals surface area contributed by atoms with E-state index in [1.54, 1.807) is 17.9 Å². The number of benzene rings is 2. The highest BCUT2D eigenvalue weighted by atomic mass is 19.1. The van der Waals surface area contributed by atoms with E-state index >= 15 is 0 Å². The van der Waals surface area contributed by atoms with E-state index < -0.39 is 17.2 Å². The molecule has 1 N–H and O–H groups in total. The van der Waals surface area contributed by atoms with Crippen molar-refractivity contribution in [1.29, 1.82) is 0 Å². The zero-order valence-electron chi connectivity index (χ0n) is 23.5. The lowest BCUT2D eigenvalue weighted by Crippen LogP contribution is -2.41. The highest BCUT2D eigenvalue weighted by Gasteiger charge is 2.29. The first-order chi connectivity index (χ1) is 19.5. The lowest BCUT2D eigenvalue weighted by Gasteiger charge is -2.33. The number of likely N-dealkylation sites (tertiary alicyclic amines) is 1. The van der Waals surface area contributed by atoms with E-state index in [-0.39, 0.29) is 41.6 Å². The molecular formula is C30H33F2N5O4. The van der Waals surface area contributed by atoms with Crippen molar-refractivity contribution < 1.29 is 28.2 Å². The maximum atomic E-state index is 14.9. The minimum absolute atomic E-state index is 0.0123. The number of fused-ring (bicyclic) bond motifs is 1. The summed E-state index contributed by atoms with van der Waals surface area (Å²) in [7, 11) is 0. The Morgan fingerprint density at radius 2 is 1.76 bits per heavy atom. The van der Waals surface area contributed by atoms with Gasteiger partial charge in [-0.15, -0.1) is 0 Å². The summed E-state index contributed by atoms with van der Waals surface area (Å²) < 4.78 is 42.0. The molecule has 0 unspecified atom stereocenters. The summed E-state index contributed by atoms with van der Waals surface area (Å²) in [6.45, 7) is 8.35. The molecule has 2 aromatic carbocycles. The fourth-order valence-electron chi connectivity index (χ4n) is 5.00. The van der Waals surface area contributed by atoms with Crippen LogP contribution in [0.15, 0.2) is 42.5 Å². The van der Waals surface area contributed by atoms with Gasteiger partial charge < -0.3 is 19.5 Å². The van der Waals surface area contributed by atoms with Crippen LogP contribution in [0.4, 0.5) is 13.6 Å². The molecule has 1 amide bonds. The molecule has 2 aromatic heterocycles. The molecule has 4 aromatic rings. The number of halogens is 2. The van der Waals surface area contributed by atoms with Gasteiger partial charge >= 0.3 is 6.09 Å². The predicted molar refractivity (Wildman–Crippen MR) is 149 cm³/mol. The minimum atomic E-state index is -0.733. The summed E-state index contributed by atoms with van der Waals surface area (Å²) in [6, 6.07) is 11.1. The van der Waals surface area contributed by atoms with Gasteiger partial charge in [0.25, 0.3) is 0 Å². The van der Waals surface area contributed by atoms with Gasteiger partial charge in [-0.2, -0.15) is 10.1 Å². The number of para-hydroxylation sites is 1. The maximum Gasteiger partial charge on any atom is 0.410 e. The van der Waals surface area contributed by atoms with Crippen LogP contribution < -0.4 is 4.74 Å². The Bertz CT molecular complexity index is 1550. The van der Waals surface area contributed by atoms with Crippen molar-refractivity contribution in [2.45, 2.75) is 58.6 Å². The van der Waals surface area contributed by atoms with Crippen molar-refractivity contribution in [1.82, 2.24) is 24.6 Å². The summed E-state index contributed by atoms with van der Waals surface area (Å²) in [4.78, 5) is 23.1. The molecule has 1 fully saturated rings. The summed E-state index contributed by atoms with van der Waals surface area (Å²) in [6.07, 6.45) is 0.931. The number of aromatic nitrogens is 4. The topological polar surface area (TPSA) is 103 Å². The van der Waals surface area contributed by atoms with Crippen LogP contribution in [0.1, 0.15) is 57.7 Å². The van der Waals surface area contributed by atoms with Crippen molar-refractivity contribution in [3.8, 4) is 23.1 Å². The SMILES string of the molecule is CCOc1cc(F)c(Cn2nc(-c3nc(O)cc(C4CCN(C(=O)OC(C)(C)C)CC4)n3)c3ccccc32)c(F)c1. The molecule has 3 heterocycles. The Labute approximate surface area is 236 Å². The number of piperidine rings is 1. The highest BCUT2D eigenvalue weighted by Crippen LogP contribution is 2.33. The molecule has 1 aliphatic heterocycles. The number of amides is 1. The first-order valence-electron chi connectivity index (χ1n) is 13.6. The summed E-state index contributed by atoms with van der Waals surface area (Å²) in [5, 5.41) is 15.8. The predicted octanol–water partition coefficient (Wildman–Crippen LogP) is 6.04. The van der Waals surface area contributed by atoms with E-state index in [0.717, 1.165) is 12.1 Å². The van der Waals surface area contributed by atoms with E-state index in [0.29, 0.717) is 54.8 Å². The monoisotopic (exact) mass is 565 g/mol. The Morgan fingerprint density at radius 1 is 1.07 bits per heavy atom. The number of carbonyl (C=O) groups excluding carboxylic acids is 1. The molecule has 0 bridgehead atoms. The Balaban J connectivity index is 1.43. The van der Waals surface area contributed by atoms with Gasteiger partial charge in [-0.1, -0.05) is 18.2 Å². The van der Waals surface area contributed by atoms with Crippen LogP contribution in [0, 0.1) is 11.6 Å². The fourth-order valence-corrected chi connectivity index (χ4v) is 5.00. The minimum Gasteiger partial charge on any atom is -0.494 e. The summed E-state index contributed by atoms with van der Waals surface area (Å²) >= 11 is 0. The second-order valence-corrected chi connectivity index (χ2v) is 11.0. The van der Waals surface area contributed by atoms with E-state index in [9.17, 15) is 18.7 Å². The number of carbonyl (C=O) groups is 1. The fraction of sp³-hybridized carbons (Fsp3) is 0.400. The molecule has 5 rings (SSSR count). The summed E-state index contributed by atoms with van der Waals surface area (Å²) in [5.74, 6) is -1.36. The van der Waals surface area contributed by atoms with Crippen LogP contribution in [-0.4, -0.2) is 61.1 Å². The molecule has 216 valence electrons. The van der Waals surface area contributed by atoms with Crippen LogP contribution in [0.3, 0.4) is 0 Å². The van der Waals surface area contributed by atoms with E-state index in [1.807, 2.05) is 39.0 Å². The molecule has 0 atom stereocenters. The second-order valence-electron chi connectivity index (χ2n) is 11.0. The third-order valence-corrected chi connectivity index (χ3v) is 6.90. The smallest absolute Gasteiger partial charge is 0.410 e. The average Bonchev–Trinajstić information content (AvgIpc) is 3.28. The van der Waals surface area contributed by atoms with E-state index in [1.165, 1.54) is 10.7 Å². The molecule has 11 heteroatoms. The van der Waals surface area contributed by atoms with Gasteiger partial charge in [0.15, 0.2) is 5.82 Å². The second kappa shape index (κ2) is 11.3. The number of hydrogen-bond donors (Lipinski definition) is 1. The zero-order valence-corrected chi connectivity index (χ0v) is 23.5. The van der Waals surface area contributed by atoms with Gasteiger partial charge in [-0.3, -0.25) is 4.68 Å². The molecule has 0 radical (unpaired) electrons. The van der Waals surface area contributed by atoms with Crippen LogP contribution in [-0.2, 0) is 11.3 Å². The van der Waals surface area contributed by atoms with Crippen LogP contribution >= 0.6 is 0 Å². The van der Waals surface area contributed by atoms with Gasteiger partial charge in [0, 0.05) is 48.2 Å². The largest absolute Gasteiger partial charge is 0.494 e. The van der Waals surface area contributed by atoms with Crippen LogP contribution in [0.2, 0.25) is 0 Å². The van der Waals surface area contributed by atoms with Crippen molar-refractivity contribution in [3.05, 3.63) is 65.4 Å². The van der Waals surface area contributed by atoms with Gasteiger partial charge in [-0.25, -0.2) is 18.6 Å². The van der Waals surface area contributed by atoms with E-state index in [2.05, 4.69) is 10.1 Å². The zero-order chi connectivity index (χ0) is 29.3. The molecule has 0 spiro atoms. The highest BCUT2D eigenvalue weighted by molar-refractivity contribution is 5.91.